The lowest BCUT2D eigenvalue weighted by molar-refractivity contribution is 0.723. The zero-order valence-electron chi connectivity index (χ0n) is 10.3. The van der Waals surface area contributed by atoms with Crippen molar-refractivity contribution in [2.45, 2.75) is 18.9 Å². The van der Waals surface area contributed by atoms with Gasteiger partial charge in [-0.25, -0.2) is 0 Å². The van der Waals surface area contributed by atoms with Crippen LogP contribution in [0.1, 0.15) is 30.0 Å². The van der Waals surface area contributed by atoms with Crippen molar-refractivity contribution < 1.29 is 0 Å². The SMILES string of the molecule is Brc1cccc(C2=NC(c3cccc(Br)c3)CC2)c1. The second kappa shape index (κ2) is 5.59. The van der Waals surface area contributed by atoms with Crippen molar-refractivity contribution >= 4 is 37.6 Å². The minimum Gasteiger partial charge on any atom is -0.281 e. The summed E-state index contributed by atoms with van der Waals surface area (Å²) in [6.45, 7) is 0. The lowest BCUT2D eigenvalue weighted by Gasteiger charge is -2.06. The van der Waals surface area contributed by atoms with E-state index >= 15 is 0 Å². The molecule has 3 heteroatoms. The quantitative estimate of drug-likeness (QED) is 0.650. The predicted octanol–water partition coefficient (Wildman–Crippen LogP) is 5.54. The monoisotopic (exact) mass is 377 g/mol. The fourth-order valence-electron chi connectivity index (χ4n) is 2.43. The smallest absolute Gasteiger partial charge is 0.0756 e. The van der Waals surface area contributed by atoms with Crippen LogP contribution < -0.4 is 0 Å². The van der Waals surface area contributed by atoms with E-state index in [0.717, 1.165) is 21.8 Å². The molecule has 0 aromatic heterocycles. The molecule has 0 amide bonds. The summed E-state index contributed by atoms with van der Waals surface area (Å²) < 4.78 is 2.23. The molecule has 1 aliphatic rings. The third kappa shape index (κ3) is 2.98. The predicted molar refractivity (Wildman–Crippen MR) is 86.8 cm³/mol. The Morgan fingerprint density at radius 3 is 2.42 bits per heavy atom. The van der Waals surface area contributed by atoms with E-state index in [-0.39, 0.29) is 0 Å². The van der Waals surface area contributed by atoms with Crippen LogP contribution in [0.5, 0.6) is 0 Å². The van der Waals surface area contributed by atoms with Crippen LogP contribution in [0.2, 0.25) is 0 Å². The van der Waals surface area contributed by atoms with E-state index in [1.165, 1.54) is 16.8 Å². The first kappa shape index (κ1) is 13.1. The first-order valence-corrected chi connectivity index (χ1v) is 7.89. The van der Waals surface area contributed by atoms with Gasteiger partial charge in [0, 0.05) is 14.7 Å². The Morgan fingerprint density at radius 1 is 0.947 bits per heavy atom. The number of aliphatic imine (C=N–C) groups is 1. The molecule has 2 aromatic carbocycles. The summed E-state index contributed by atoms with van der Waals surface area (Å²) in [5, 5.41) is 0. The van der Waals surface area contributed by atoms with E-state index in [1.54, 1.807) is 0 Å². The third-order valence-corrected chi connectivity index (χ3v) is 4.34. The summed E-state index contributed by atoms with van der Waals surface area (Å²) in [5.74, 6) is 0. The highest BCUT2D eigenvalue weighted by Gasteiger charge is 2.20. The highest BCUT2D eigenvalue weighted by molar-refractivity contribution is 9.10. The third-order valence-electron chi connectivity index (χ3n) is 3.36. The molecule has 0 bridgehead atoms. The van der Waals surface area contributed by atoms with Crippen LogP contribution in [0, 0.1) is 0 Å². The van der Waals surface area contributed by atoms with Crippen molar-refractivity contribution in [3.05, 3.63) is 68.6 Å². The molecule has 19 heavy (non-hydrogen) atoms. The molecule has 1 heterocycles. The number of nitrogens with zero attached hydrogens (tertiary/aromatic N) is 1. The van der Waals surface area contributed by atoms with Gasteiger partial charge in [-0.1, -0.05) is 56.1 Å². The van der Waals surface area contributed by atoms with Gasteiger partial charge in [0.25, 0.3) is 0 Å². The van der Waals surface area contributed by atoms with Gasteiger partial charge in [-0.05, 0) is 48.2 Å². The van der Waals surface area contributed by atoms with Crippen LogP contribution in [-0.4, -0.2) is 5.71 Å². The Morgan fingerprint density at radius 2 is 1.68 bits per heavy atom. The summed E-state index contributed by atoms with van der Waals surface area (Å²) >= 11 is 7.04. The van der Waals surface area contributed by atoms with Crippen LogP contribution in [-0.2, 0) is 0 Å². The van der Waals surface area contributed by atoms with Crippen molar-refractivity contribution in [1.82, 2.24) is 0 Å². The molecule has 1 nitrogen and oxygen atoms in total. The fourth-order valence-corrected chi connectivity index (χ4v) is 3.25. The number of benzene rings is 2. The fraction of sp³-hybridized carbons (Fsp3) is 0.188. The van der Waals surface area contributed by atoms with E-state index in [0.29, 0.717) is 6.04 Å². The van der Waals surface area contributed by atoms with E-state index in [4.69, 9.17) is 4.99 Å². The molecule has 96 valence electrons. The van der Waals surface area contributed by atoms with Gasteiger partial charge >= 0.3 is 0 Å². The van der Waals surface area contributed by atoms with Crippen molar-refractivity contribution in [2.75, 3.05) is 0 Å². The van der Waals surface area contributed by atoms with Gasteiger partial charge in [0.2, 0.25) is 0 Å². The van der Waals surface area contributed by atoms with Gasteiger partial charge in [0.05, 0.1) is 6.04 Å². The van der Waals surface area contributed by atoms with Crippen LogP contribution >= 0.6 is 31.9 Å². The average Bonchev–Trinajstić information content (AvgIpc) is 2.88. The summed E-state index contributed by atoms with van der Waals surface area (Å²) in [5.41, 5.74) is 3.73. The van der Waals surface area contributed by atoms with Crippen LogP contribution in [0.15, 0.2) is 62.5 Å². The molecule has 0 saturated carbocycles. The highest BCUT2D eigenvalue weighted by Crippen LogP contribution is 2.32. The standard InChI is InChI=1S/C16H13Br2N/c17-13-5-1-3-11(9-13)15-7-8-16(19-15)12-4-2-6-14(18)10-12/h1-6,9-10,15H,7-8H2. The second-order valence-corrected chi connectivity index (χ2v) is 6.53. The zero-order chi connectivity index (χ0) is 13.2. The first-order chi connectivity index (χ1) is 9.22. The van der Waals surface area contributed by atoms with E-state index < -0.39 is 0 Å². The molecule has 1 unspecified atom stereocenters. The molecule has 2 aromatic rings. The molecule has 0 saturated heterocycles. The van der Waals surface area contributed by atoms with E-state index in [2.05, 4.69) is 74.3 Å². The van der Waals surface area contributed by atoms with Crippen molar-refractivity contribution in [1.29, 1.82) is 0 Å². The number of rotatable bonds is 2. The Kier molecular flexibility index (Phi) is 3.85. The van der Waals surface area contributed by atoms with E-state index in [9.17, 15) is 0 Å². The molecule has 0 fully saturated rings. The van der Waals surface area contributed by atoms with Gasteiger partial charge in [-0.2, -0.15) is 0 Å². The summed E-state index contributed by atoms with van der Waals surface area (Å²) in [7, 11) is 0. The average molecular weight is 379 g/mol. The maximum atomic E-state index is 4.89. The maximum Gasteiger partial charge on any atom is 0.0756 e. The first-order valence-electron chi connectivity index (χ1n) is 6.30. The molecule has 0 radical (unpaired) electrons. The summed E-state index contributed by atoms with van der Waals surface area (Å²) in [6, 6.07) is 17.1. The molecule has 0 spiro atoms. The summed E-state index contributed by atoms with van der Waals surface area (Å²) in [6.07, 6.45) is 2.14. The van der Waals surface area contributed by atoms with Crippen molar-refractivity contribution in [2.24, 2.45) is 4.99 Å². The Hall–Kier alpha value is -0.930. The van der Waals surface area contributed by atoms with Gasteiger partial charge in [-0.15, -0.1) is 0 Å². The largest absolute Gasteiger partial charge is 0.281 e. The Labute approximate surface area is 130 Å². The lowest BCUT2D eigenvalue weighted by Crippen LogP contribution is -1.94. The highest BCUT2D eigenvalue weighted by atomic mass is 79.9. The normalized spacial score (nSPS) is 18.4. The Balaban J connectivity index is 1.89. The molecule has 1 atom stereocenters. The number of hydrogen-bond acceptors (Lipinski definition) is 1. The number of hydrogen-bond donors (Lipinski definition) is 0. The molecule has 3 rings (SSSR count). The van der Waals surface area contributed by atoms with E-state index in [1.807, 2.05) is 6.07 Å². The maximum absolute atomic E-state index is 4.89. The molecule has 0 aliphatic carbocycles. The van der Waals surface area contributed by atoms with Gasteiger partial charge in [0.15, 0.2) is 0 Å². The molecular formula is C16H13Br2N. The van der Waals surface area contributed by atoms with Crippen LogP contribution in [0.4, 0.5) is 0 Å². The van der Waals surface area contributed by atoms with Crippen molar-refractivity contribution in [3.8, 4) is 0 Å². The zero-order valence-corrected chi connectivity index (χ0v) is 13.5. The van der Waals surface area contributed by atoms with Crippen LogP contribution in [0.3, 0.4) is 0 Å². The molecule has 0 N–H and O–H groups in total. The minimum atomic E-state index is 0.298. The summed E-state index contributed by atoms with van der Waals surface area (Å²) in [4.78, 5) is 4.89. The molecule has 1 aliphatic heterocycles. The van der Waals surface area contributed by atoms with Gasteiger partial charge in [0.1, 0.15) is 0 Å². The topological polar surface area (TPSA) is 12.4 Å². The minimum absolute atomic E-state index is 0.298. The number of halogens is 2. The lowest BCUT2D eigenvalue weighted by atomic mass is 10.0. The van der Waals surface area contributed by atoms with Crippen molar-refractivity contribution in [3.63, 3.8) is 0 Å². The van der Waals surface area contributed by atoms with Gasteiger partial charge < -0.3 is 0 Å². The molecular weight excluding hydrogens is 366 g/mol. The second-order valence-electron chi connectivity index (χ2n) is 4.70. The Bertz CT molecular complexity index is 634. The van der Waals surface area contributed by atoms with Crippen LogP contribution in [0.25, 0.3) is 0 Å². The van der Waals surface area contributed by atoms with Gasteiger partial charge in [-0.3, -0.25) is 4.99 Å².